The second-order valence-electron chi connectivity index (χ2n) is 7.25. The first-order chi connectivity index (χ1) is 14.1. The molecule has 152 valence electrons. The molecule has 29 heavy (non-hydrogen) atoms. The molecule has 1 fully saturated rings. The Morgan fingerprint density at radius 2 is 1.90 bits per heavy atom. The van der Waals surface area contributed by atoms with Gasteiger partial charge >= 0.3 is 0 Å². The highest BCUT2D eigenvalue weighted by Gasteiger charge is 2.22. The number of nitrogens with zero attached hydrogens (tertiary/aromatic N) is 4. The van der Waals surface area contributed by atoms with Gasteiger partial charge in [0.15, 0.2) is 5.58 Å². The number of benzene rings is 1. The maximum Gasteiger partial charge on any atom is 0.300 e. The molecule has 0 radical (unpaired) electrons. The molecule has 0 saturated carbocycles. The zero-order chi connectivity index (χ0) is 20.2. The maximum atomic E-state index is 12.8. The van der Waals surface area contributed by atoms with Gasteiger partial charge in [0.2, 0.25) is 11.6 Å². The Balaban J connectivity index is 1.38. The van der Waals surface area contributed by atoms with Gasteiger partial charge in [0.1, 0.15) is 5.75 Å². The van der Waals surface area contributed by atoms with Gasteiger partial charge in [0, 0.05) is 31.9 Å². The fourth-order valence-electron chi connectivity index (χ4n) is 3.55. The van der Waals surface area contributed by atoms with Crippen molar-refractivity contribution in [3.8, 4) is 5.75 Å². The summed E-state index contributed by atoms with van der Waals surface area (Å²) >= 11 is 0. The first-order valence-electron chi connectivity index (χ1n) is 10.1. The van der Waals surface area contributed by atoms with Crippen molar-refractivity contribution in [2.75, 3.05) is 37.7 Å². The minimum Gasteiger partial charge on any atom is -0.494 e. The summed E-state index contributed by atoms with van der Waals surface area (Å²) in [5.41, 5.74) is 3.24. The van der Waals surface area contributed by atoms with Crippen molar-refractivity contribution in [2.24, 2.45) is 0 Å². The molecule has 1 amide bonds. The van der Waals surface area contributed by atoms with Gasteiger partial charge in [-0.3, -0.25) is 4.79 Å². The van der Waals surface area contributed by atoms with E-state index >= 15 is 0 Å². The van der Waals surface area contributed by atoms with E-state index in [2.05, 4.69) is 14.9 Å². The van der Waals surface area contributed by atoms with Crippen molar-refractivity contribution in [3.05, 3.63) is 47.7 Å². The van der Waals surface area contributed by atoms with E-state index in [1.807, 2.05) is 55.1 Å². The van der Waals surface area contributed by atoms with E-state index in [-0.39, 0.29) is 5.91 Å². The van der Waals surface area contributed by atoms with E-state index in [0.717, 1.165) is 36.5 Å². The normalized spacial score (nSPS) is 14.8. The zero-order valence-corrected chi connectivity index (χ0v) is 16.9. The van der Waals surface area contributed by atoms with Gasteiger partial charge < -0.3 is 19.0 Å². The number of pyridine rings is 1. The molecular formula is C22H26N4O3. The monoisotopic (exact) mass is 394 g/mol. The average molecular weight is 394 g/mol. The van der Waals surface area contributed by atoms with Crippen molar-refractivity contribution in [2.45, 2.75) is 26.7 Å². The fourth-order valence-corrected chi connectivity index (χ4v) is 3.55. The van der Waals surface area contributed by atoms with Crippen molar-refractivity contribution in [1.82, 2.24) is 14.9 Å². The first-order valence-corrected chi connectivity index (χ1v) is 10.1. The fraction of sp³-hybridized carbons (Fsp3) is 0.409. The molecule has 0 bridgehead atoms. The Labute approximate surface area is 170 Å². The lowest BCUT2D eigenvalue weighted by atomic mass is 10.1. The number of fused-ring (bicyclic) bond motifs is 1. The van der Waals surface area contributed by atoms with Crippen LogP contribution in [0.5, 0.6) is 5.75 Å². The predicted octanol–water partition coefficient (Wildman–Crippen LogP) is 3.21. The summed E-state index contributed by atoms with van der Waals surface area (Å²) in [4.78, 5) is 25.8. The minimum atomic E-state index is 0.144. The van der Waals surface area contributed by atoms with Crippen molar-refractivity contribution < 1.29 is 13.9 Å². The standard InChI is InChI=1S/C22H26N4O3/c1-3-28-18-8-6-17(7-9-18)15-20(27)25-11-4-12-26(14-13-25)22-24-21-19(29-22)10-5-16(2)23-21/h5-10H,3-4,11-15H2,1-2H3. The van der Waals surface area contributed by atoms with Crippen LogP contribution in [0.4, 0.5) is 6.01 Å². The molecule has 4 rings (SSSR count). The summed E-state index contributed by atoms with van der Waals surface area (Å²) < 4.78 is 11.3. The summed E-state index contributed by atoms with van der Waals surface area (Å²) in [7, 11) is 0. The third kappa shape index (κ3) is 4.50. The van der Waals surface area contributed by atoms with E-state index in [1.165, 1.54) is 0 Å². The Morgan fingerprint density at radius 3 is 2.69 bits per heavy atom. The molecule has 0 unspecified atom stereocenters. The Morgan fingerprint density at radius 1 is 1.07 bits per heavy atom. The number of oxazole rings is 1. The van der Waals surface area contributed by atoms with Crippen LogP contribution in [0.2, 0.25) is 0 Å². The lowest BCUT2D eigenvalue weighted by Crippen LogP contribution is -2.36. The lowest BCUT2D eigenvalue weighted by Gasteiger charge is -2.21. The second-order valence-corrected chi connectivity index (χ2v) is 7.25. The number of rotatable bonds is 5. The van der Waals surface area contributed by atoms with Crippen LogP contribution in [-0.4, -0.2) is 53.6 Å². The average Bonchev–Trinajstić information content (AvgIpc) is 2.97. The number of aryl methyl sites for hydroxylation is 1. The van der Waals surface area contributed by atoms with Crippen LogP contribution in [-0.2, 0) is 11.2 Å². The number of carbonyl (C=O) groups is 1. The van der Waals surface area contributed by atoms with Crippen LogP contribution in [0.15, 0.2) is 40.8 Å². The van der Waals surface area contributed by atoms with Crippen molar-refractivity contribution in [1.29, 1.82) is 0 Å². The van der Waals surface area contributed by atoms with Gasteiger partial charge in [-0.1, -0.05) is 12.1 Å². The molecule has 0 N–H and O–H groups in total. The molecule has 0 spiro atoms. The molecule has 1 saturated heterocycles. The van der Waals surface area contributed by atoms with Gasteiger partial charge in [-0.2, -0.15) is 4.98 Å². The highest BCUT2D eigenvalue weighted by Crippen LogP contribution is 2.22. The quantitative estimate of drug-likeness (QED) is 0.662. The molecule has 2 aromatic heterocycles. The number of amides is 1. The smallest absolute Gasteiger partial charge is 0.300 e. The van der Waals surface area contributed by atoms with Crippen LogP contribution in [0.3, 0.4) is 0 Å². The van der Waals surface area contributed by atoms with Crippen molar-refractivity contribution >= 4 is 23.2 Å². The summed E-state index contributed by atoms with van der Waals surface area (Å²) in [5, 5.41) is 0. The molecule has 0 atom stereocenters. The van der Waals surface area contributed by atoms with Crippen LogP contribution < -0.4 is 9.64 Å². The summed E-state index contributed by atoms with van der Waals surface area (Å²) in [6.07, 6.45) is 1.28. The van der Waals surface area contributed by atoms with Crippen LogP contribution in [0, 0.1) is 6.92 Å². The largest absolute Gasteiger partial charge is 0.494 e. The van der Waals surface area contributed by atoms with Gasteiger partial charge in [-0.05, 0) is 50.1 Å². The molecule has 1 aliphatic rings. The minimum absolute atomic E-state index is 0.144. The van der Waals surface area contributed by atoms with E-state index in [9.17, 15) is 4.79 Å². The molecule has 3 aromatic rings. The SMILES string of the molecule is CCOc1ccc(CC(=O)N2CCCN(c3nc4nc(C)ccc4o3)CC2)cc1. The van der Waals surface area contributed by atoms with Gasteiger partial charge in [-0.25, -0.2) is 4.98 Å². The highest BCUT2D eigenvalue weighted by molar-refractivity contribution is 5.79. The Hall–Kier alpha value is -3.09. The van der Waals surface area contributed by atoms with E-state index in [0.29, 0.717) is 43.4 Å². The number of anilines is 1. The van der Waals surface area contributed by atoms with Crippen molar-refractivity contribution in [3.63, 3.8) is 0 Å². The van der Waals surface area contributed by atoms with Crippen LogP contribution >= 0.6 is 0 Å². The number of hydrogen-bond acceptors (Lipinski definition) is 6. The van der Waals surface area contributed by atoms with E-state index < -0.39 is 0 Å². The van der Waals surface area contributed by atoms with Crippen LogP contribution in [0.1, 0.15) is 24.6 Å². The predicted molar refractivity (Wildman–Crippen MR) is 111 cm³/mol. The number of aromatic nitrogens is 2. The molecular weight excluding hydrogens is 368 g/mol. The van der Waals surface area contributed by atoms with Gasteiger partial charge in [0.25, 0.3) is 6.01 Å². The van der Waals surface area contributed by atoms with Gasteiger partial charge in [0.05, 0.1) is 13.0 Å². The molecule has 1 aromatic carbocycles. The summed E-state index contributed by atoms with van der Waals surface area (Å²) in [5.74, 6) is 0.975. The van der Waals surface area contributed by atoms with E-state index in [4.69, 9.17) is 9.15 Å². The summed E-state index contributed by atoms with van der Waals surface area (Å²) in [6.45, 7) is 7.43. The zero-order valence-electron chi connectivity index (χ0n) is 16.9. The highest BCUT2D eigenvalue weighted by atomic mass is 16.5. The maximum absolute atomic E-state index is 12.8. The Kier molecular flexibility index (Phi) is 5.64. The second kappa shape index (κ2) is 8.51. The number of hydrogen-bond donors (Lipinski definition) is 0. The van der Waals surface area contributed by atoms with Gasteiger partial charge in [-0.15, -0.1) is 0 Å². The Bertz CT molecular complexity index is 983. The molecule has 7 heteroatoms. The number of carbonyl (C=O) groups excluding carboxylic acids is 1. The number of ether oxygens (including phenoxy) is 1. The molecule has 1 aliphatic heterocycles. The topological polar surface area (TPSA) is 71.7 Å². The first kappa shape index (κ1) is 19.2. The lowest BCUT2D eigenvalue weighted by molar-refractivity contribution is -0.130. The third-order valence-electron chi connectivity index (χ3n) is 5.09. The summed E-state index contributed by atoms with van der Waals surface area (Å²) in [6, 6.07) is 12.2. The molecule has 3 heterocycles. The van der Waals surface area contributed by atoms with E-state index in [1.54, 1.807) is 0 Å². The molecule has 7 nitrogen and oxygen atoms in total. The van der Waals surface area contributed by atoms with Crippen LogP contribution in [0.25, 0.3) is 11.2 Å². The third-order valence-corrected chi connectivity index (χ3v) is 5.09. The molecule has 0 aliphatic carbocycles.